The molecule has 0 saturated carbocycles. The van der Waals surface area contributed by atoms with Gasteiger partial charge in [-0.05, 0) is 81.0 Å². The van der Waals surface area contributed by atoms with Gasteiger partial charge in [-0.3, -0.25) is 4.98 Å². The number of rotatable bonds is 9. The van der Waals surface area contributed by atoms with Gasteiger partial charge in [0.15, 0.2) is 0 Å². The van der Waals surface area contributed by atoms with E-state index in [1.165, 1.54) is 12.1 Å². The maximum atomic E-state index is 13.4. The third-order valence-electron chi connectivity index (χ3n) is 11.8. The number of hydrogen-bond acceptors (Lipinski definition) is 3. The molecule has 0 aliphatic heterocycles. The summed E-state index contributed by atoms with van der Waals surface area (Å²) in [5.41, 5.74) is 9.29. The molecule has 0 aliphatic carbocycles. The standard InChI is InChI=1S/C31H29N2.C28H21F3NO.Ir/c1-21(2)26-16-11-17-27(22(3)4)30(26)33-29-20-25(23-12-7-5-8-13-23)18-19-28(29)32-31(33)24-14-9-6-10-15-24;1-27(2,28(29,30)31)16-18-10-12-19(13-11-18)20-14-15-24(32-17-20)23-8-5-7-22-21-6-3-4-9-25(21)33-26(22)23;/h5-14,16-22H,1-4H3;3-7,9-15,17H,16H2,1-2H3;/q2*-1;/i21D,22D;16D2;. The van der Waals surface area contributed by atoms with Crippen LogP contribution < -0.4 is 0 Å². The van der Waals surface area contributed by atoms with Crippen LogP contribution in [0.5, 0.6) is 0 Å². The molecule has 0 bridgehead atoms. The fraction of sp³-hybridized carbons (Fsp3) is 0.186. The Morgan fingerprint density at radius 1 is 0.672 bits per heavy atom. The fourth-order valence-electron chi connectivity index (χ4n) is 8.19. The van der Waals surface area contributed by atoms with E-state index in [1.54, 1.807) is 18.3 Å². The Balaban J connectivity index is 0.000000188. The van der Waals surface area contributed by atoms with Crippen LogP contribution in [0, 0.1) is 17.5 Å². The third-order valence-corrected chi connectivity index (χ3v) is 11.8. The van der Waals surface area contributed by atoms with E-state index in [4.69, 9.17) is 14.9 Å². The van der Waals surface area contributed by atoms with Crippen LogP contribution in [0.15, 0.2) is 174 Å². The van der Waals surface area contributed by atoms with E-state index in [0.29, 0.717) is 11.3 Å². The molecule has 7 aromatic carbocycles. The molecule has 0 unspecified atom stereocenters. The molecule has 3 aromatic heterocycles. The first-order chi connectivity index (χ1) is 33.1. The van der Waals surface area contributed by atoms with Crippen LogP contribution in [-0.4, -0.2) is 20.7 Å². The summed E-state index contributed by atoms with van der Waals surface area (Å²) >= 11 is 0. The van der Waals surface area contributed by atoms with Crippen molar-refractivity contribution in [1.29, 1.82) is 0 Å². The minimum absolute atomic E-state index is 0. The van der Waals surface area contributed by atoms with E-state index in [-0.39, 0.29) is 25.7 Å². The number of hydrogen-bond donors (Lipinski definition) is 0. The number of imidazole rings is 1. The fourth-order valence-corrected chi connectivity index (χ4v) is 8.19. The molecule has 8 heteroatoms. The van der Waals surface area contributed by atoms with Crippen molar-refractivity contribution in [3.8, 4) is 50.6 Å². The molecule has 4 nitrogen and oxygen atoms in total. The quantitative estimate of drug-likeness (QED) is 0.135. The second kappa shape index (κ2) is 19.3. The van der Waals surface area contributed by atoms with Crippen molar-refractivity contribution in [2.24, 2.45) is 5.41 Å². The first-order valence-corrected chi connectivity index (χ1v) is 21.8. The van der Waals surface area contributed by atoms with E-state index in [0.717, 1.165) is 97.3 Å². The summed E-state index contributed by atoms with van der Waals surface area (Å²) in [6.45, 7) is 9.35. The molecule has 0 fully saturated rings. The summed E-state index contributed by atoms with van der Waals surface area (Å²) in [5, 5.41) is 2.00. The van der Waals surface area contributed by atoms with Crippen LogP contribution in [-0.2, 0) is 26.5 Å². The molecule has 0 amide bonds. The Morgan fingerprint density at radius 3 is 1.99 bits per heavy atom. The SMILES string of the molecule is [2H]C(C)(C)c1cccc(C([2H])(C)C)c1-n1c(-c2[c-]cccc2)nc2ccc(-c3ccccc3)cc21.[2H]C([2H])(c1ccc(-c2ccc(-c3[c-]ccc4c3oc3ccccc34)nc2)cc1)C(C)(C)C(F)(F)F.[Ir]. The Hall–Kier alpha value is -6.60. The Morgan fingerprint density at radius 2 is 1.33 bits per heavy atom. The molecular weight excluding hydrogens is 1020 g/mol. The summed E-state index contributed by atoms with van der Waals surface area (Å²) in [4.78, 5) is 9.62. The second-order valence-electron chi connectivity index (χ2n) is 17.3. The van der Waals surface area contributed by atoms with Crippen LogP contribution in [0.2, 0.25) is 0 Å². The van der Waals surface area contributed by atoms with Gasteiger partial charge in [-0.1, -0.05) is 162 Å². The van der Waals surface area contributed by atoms with Crippen LogP contribution >= 0.6 is 0 Å². The smallest absolute Gasteiger partial charge is 0.394 e. The minimum Gasteiger partial charge on any atom is -0.501 e. The molecule has 0 saturated heterocycles. The molecule has 3 heterocycles. The largest absolute Gasteiger partial charge is 0.501 e. The third kappa shape index (κ3) is 9.52. The zero-order chi connectivity index (χ0) is 49.8. The first-order valence-electron chi connectivity index (χ1n) is 23.8. The molecule has 0 aliphatic rings. The number of fused-ring (bicyclic) bond motifs is 4. The van der Waals surface area contributed by atoms with Gasteiger partial charge in [-0.2, -0.15) is 13.2 Å². The topological polar surface area (TPSA) is 43.9 Å². The van der Waals surface area contributed by atoms with Gasteiger partial charge in [0.1, 0.15) is 5.58 Å². The minimum atomic E-state index is -4.69. The van der Waals surface area contributed by atoms with Crippen LogP contribution in [0.1, 0.15) is 75.5 Å². The number of nitrogens with zero attached hydrogens (tertiary/aromatic N) is 3. The molecular formula is C59H50F3IrN3O-2. The van der Waals surface area contributed by atoms with Crippen LogP contribution in [0.25, 0.3) is 83.6 Å². The molecule has 0 N–H and O–H groups in total. The first kappa shape index (κ1) is 41.8. The number of pyridine rings is 1. The average molecular weight is 1070 g/mol. The molecule has 10 rings (SSSR count). The second-order valence-corrected chi connectivity index (χ2v) is 17.3. The van der Waals surface area contributed by atoms with E-state index >= 15 is 0 Å². The average Bonchev–Trinajstić information content (AvgIpc) is 3.92. The molecule has 0 spiro atoms. The number of furan rings is 1. The van der Waals surface area contributed by atoms with Gasteiger partial charge in [-0.15, -0.1) is 54.1 Å². The maximum absolute atomic E-state index is 13.4. The van der Waals surface area contributed by atoms with E-state index in [9.17, 15) is 13.2 Å². The molecule has 339 valence electrons. The maximum Gasteiger partial charge on any atom is 0.394 e. The Bertz CT molecular complexity index is 3450. The molecule has 0 atom stereocenters. The molecule has 67 heavy (non-hydrogen) atoms. The predicted octanol–water partition coefficient (Wildman–Crippen LogP) is 16.7. The zero-order valence-electron chi connectivity index (χ0n) is 41.9. The van der Waals surface area contributed by atoms with Gasteiger partial charge >= 0.3 is 6.18 Å². The number of alkyl halides is 3. The summed E-state index contributed by atoms with van der Waals surface area (Å²) < 4.78 is 82.8. The van der Waals surface area contributed by atoms with Crippen molar-refractivity contribution < 1.29 is 43.2 Å². The number of halogens is 3. The van der Waals surface area contributed by atoms with Gasteiger partial charge in [0.2, 0.25) is 0 Å². The van der Waals surface area contributed by atoms with Crippen molar-refractivity contribution in [3.63, 3.8) is 0 Å². The summed E-state index contributed by atoms with van der Waals surface area (Å²) in [5.74, 6) is -0.989. The van der Waals surface area contributed by atoms with Gasteiger partial charge in [-0.25, -0.2) is 0 Å². The van der Waals surface area contributed by atoms with E-state index in [1.807, 2.05) is 137 Å². The number of aromatic nitrogens is 3. The van der Waals surface area contributed by atoms with E-state index < -0.39 is 29.8 Å². The van der Waals surface area contributed by atoms with Crippen molar-refractivity contribution in [2.75, 3.05) is 0 Å². The normalized spacial score (nSPS) is 13.3. The van der Waals surface area contributed by atoms with Crippen molar-refractivity contribution in [3.05, 3.63) is 199 Å². The van der Waals surface area contributed by atoms with E-state index in [2.05, 4.69) is 52.0 Å². The zero-order valence-corrected chi connectivity index (χ0v) is 40.3. The van der Waals surface area contributed by atoms with Gasteiger partial charge in [0, 0.05) is 42.9 Å². The molecule has 1 radical (unpaired) electrons. The number of para-hydroxylation sites is 2. The monoisotopic (exact) mass is 1070 g/mol. The predicted molar refractivity (Wildman–Crippen MR) is 264 cm³/mol. The summed E-state index contributed by atoms with van der Waals surface area (Å²) in [7, 11) is 0. The van der Waals surface area contributed by atoms with Crippen LogP contribution in [0.3, 0.4) is 0 Å². The van der Waals surface area contributed by atoms with Crippen molar-refractivity contribution >= 4 is 33.0 Å². The Kier molecular flexibility index (Phi) is 12.1. The van der Waals surface area contributed by atoms with Crippen molar-refractivity contribution in [1.82, 2.24) is 14.5 Å². The Labute approximate surface area is 409 Å². The van der Waals surface area contributed by atoms with Crippen LogP contribution in [0.4, 0.5) is 13.2 Å². The van der Waals surface area contributed by atoms with Crippen molar-refractivity contribution in [2.45, 2.75) is 65.9 Å². The summed E-state index contributed by atoms with van der Waals surface area (Å²) in [6.07, 6.45) is -5.60. The van der Waals surface area contributed by atoms with Gasteiger partial charge in [0.25, 0.3) is 0 Å². The molecule has 10 aromatic rings. The van der Waals surface area contributed by atoms with Gasteiger partial charge in [0.05, 0.1) is 27.9 Å². The van der Waals surface area contributed by atoms with Gasteiger partial charge < -0.3 is 14.0 Å². The summed E-state index contributed by atoms with van der Waals surface area (Å²) in [6, 6.07) is 58.3. The number of benzene rings is 7.